The standard InChI is InChI=1S/C21H33N3O/c25-21(9-6-19-10-13-22-14-11-19)23-20-7-4-18(5-8-20)12-17-24-15-2-1-3-16-24/h4-5,7-8,19,22H,1-3,6,9-17H2,(H,23,25). The van der Waals surface area contributed by atoms with Crippen molar-refractivity contribution >= 4 is 11.6 Å². The van der Waals surface area contributed by atoms with Crippen LogP contribution in [0.25, 0.3) is 0 Å². The van der Waals surface area contributed by atoms with Crippen molar-refractivity contribution in [1.82, 2.24) is 10.2 Å². The molecule has 3 rings (SSSR count). The second kappa shape index (κ2) is 9.93. The van der Waals surface area contributed by atoms with E-state index < -0.39 is 0 Å². The molecule has 4 heteroatoms. The van der Waals surface area contributed by atoms with Gasteiger partial charge in [0.05, 0.1) is 0 Å². The topological polar surface area (TPSA) is 44.4 Å². The molecule has 1 aromatic rings. The SMILES string of the molecule is O=C(CCC1CCNCC1)Nc1ccc(CCN2CCCCC2)cc1. The van der Waals surface area contributed by atoms with Crippen LogP contribution in [0.4, 0.5) is 5.69 Å². The van der Waals surface area contributed by atoms with E-state index in [2.05, 4.69) is 27.7 Å². The lowest BCUT2D eigenvalue weighted by atomic mass is 9.93. The molecule has 2 aliphatic heterocycles. The molecule has 2 fully saturated rings. The lowest BCUT2D eigenvalue weighted by Crippen LogP contribution is -2.31. The largest absolute Gasteiger partial charge is 0.326 e. The first-order chi connectivity index (χ1) is 12.3. The van der Waals surface area contributed by atoms with Gasteiger partial charge in [0.15, 0.2) is 0 Å². The number of carbonyl (C=O) groups is 1. The first-order valence-corrected chi connectivity index (χ1v) is 10.1. The average Bonchev–Trinajstić information content (AvgIpc) is 2.67. The van der Waals surface area contributed by atoms with Crippen molar-refractivity contribution in [2.45, 2.75) is 51.4 Å². The molecule has 2 N–H and O–H groups in total. The molecule has 2 saturated heterocycles. The Labute approximate surface area is 152 Å². The fourth-order valence-corrected chi connectivity index (χ4v) is 3.95. The van der Waals surface area contributed by atoms with Gasteiger partial charge < -0.3 is 15.5 Å². The smallest absolute Gasteiger partial charge is 0.224 e. The van der Waals surface area contributed by atoms with Crippen LogP contribution in [0.2, 0.25) is 0 Å². The monoisotopic (exact) mass is 343 g/mol. The zero-order valence-corrected chi connectivity index (χ0v) is 15.4. The van der Waals surface area contributed by atoms with Crippen molar-refractivity contribution in [3.63, 3.8) is 0 Å². The third kappa shape index (κ3) is 6.44. The summed E-state index contributed by atoms with van der Waals surface area (Å²) < 4.78 is 0. The highest BCUT2D eigenvalue weighted by Gasteiger charge is 2.14. The molecule has 0 aromatic heterocycles. The molecule has 0 radical (unpaired) electrons. The number of anilines is 1. The molecule has 4 nitrogen and oxygen atoms in total. The maximum Gasteiger partial charge on any atom is 0.224 e. The molecule has 0 atom stereocenters. The van der Waals surface area contributed by atoms with Crippen LogP contribution in [0, 0.1) is 5.92 Å². The van der Waals surface area contributed by atoms with Crippen molar-refractivity contribution in [3.05, 3.63) is 29.8 Å². The molecule has 0 unspecified atom stereocenters. The molecule has 0 saturated carbocycles. The molecule has 2 aliphatic rings. The Morgan fingerprint density at radius 3 is 2.52 bits per heavy atom. The Morgan fingerprint density at radius 2 is 1.80 bits per heavy atom. The Hall–Kier alpha value is -1.39. The summed E-state index contributed by atoms with van der Waals surface area (Å²) in [6.45, 7) is 5.87. The summed E-state index contributed by atoms with van der Waals surface area (Å²) >= 11 is 0. The van der Waals surface area contributed by atoms with E-state index in [0.717, 1.165) is 38.2 Å². The zero-order chi connectivity index (χ0) is 17.3. The van der Waals surface area contributed by atoms with E-state index in [9.17, 15) is 4.79 Å². The number of nitrogens with zero attached hydrogens (tertiary/aromatic N) is 1. The fraction of sp³-hybridized carbons (Fsp3) is 0.667. The molecule has 138 valence electrons. The Bertz CT molecular complexity index is 516. The molecule has 1 amide bonds. The van der Waals surface area contributed by atoms with Gasteiger partial charge in [-0.05, 0) is 88.3 Å². The van der Waals surface area contributed by atoms with Crippen LogP contribution >= 0.6 is 0 Å². The number of hydrogen-bond acceptors (Lipinski definition) is 3. The second-order valence-corrected chi connectivity index (χ2v) is 7.63. The maximum absolute atomic E-state index is 12.1. The van der Waals surface area contributed by atoms with E-state index in [-0.39, 0.29) is 5.91 Å². The van der Waals surface area contributed by atoms with Gasteiger partial charge in [-0.1, -0.05) is 18.6 Å². The van der Waals surface area contributed by atoms with Gasteiger partial charge in [0.1, 0.15) is 0 Å². The molecule has 2 heterocycles. The van der Waals surface area contributed by atoms with E-state index in [4.69, 9.17) is 0 Å². The number of likely N-dealkylation sites (tertiary alicyclic amines) is 1. The van der Waals surface area contributed by atoms with E-state index in [1.54, 1.807) is 0 Å². The highest BCUT2D eigenvalue weighted by molar-refractivity contribution is 5.90. The summed E-state index contributed by atoms with van der Waals surface area (Å²) in [7, 11) is 0. The van der Waals surface area contributed by atoms with Crippen LogP contribution in [-0.4, -0.2) is 43.5 Å². The summed E-state index contributed by atoms with van der Waals surface area (Å²) in [6, 6.07) is 8.42. The first kappa shape index (κ1) is 18.4. The molecule has 1 aromatic carbocycles. The Kier molecular flexibility index (Phi) is 7.31. The predicted octanol–water partition coefficient (Wildman–Crippen LogP) is 3.43. The van der Waals surface area contributed by atoms with E-state index in [1.807, 2.05) is 12.1 Å². The van der Waals surface area contributed by atoms with Crippen molar-refractivity contribution in [1.29, 1.82) is 0 Å². The molecule has 0 bridgehead atoms. The third-order valence-corrected chi connectivity index (χ3v) is 5.64. The number of hydrogen-bond donors (Lipinski definition) is 2. The van der Waals surface area contributed by atoms with E-state index in [0.29, 0.717) is 12.3 Å². The summed E-state index contributed by atoms with van der Waals surface area (Å²) in [6.07, 6.45) is 9.26. The fourth-order valence-electron chi connectivity index (χ4n) is 3.95. The normalized spacial score (nSPS) is 19.7. The van der Waals surface area contributed by atoms with Crippen LogP contribution in [-0.2, 0) is 11.2 Å². The molecule has 0 spiro atoms. The predicted molar refractivity (Wildman–Crippen MR) is 104 cm³/mol. The minimum atomic E-state index is 0.152. The van der Waals surface area contributed by atoms with Crippen molar-refractivity contribution < 1.29 is 4.79 Å². The number of nitrogens with one attached hydrogen (secondary N) is 2. The first-order valence-electron chi connectivity index (χ1n) is 10.1. The Balaban J connectivity index is 1.36. The number of amides is 1. The lowest BCUT2D eigenvalue weighted by molar-refractivity contribution is -0.116. The van der Waals surface area contributed by atoms with E-state index >= 15 is 0 Å². The number of rotatable bonds is 7. The van der Waals surface area contributed by atoms with Crippen LogP contribution in [0.5, 0.6) is 0 Å². The van der Waals surface area contributed by atoms with Crippen molar-refractivity contribution in [2.75, 3.05) is 38.0 Å². The third-order valence-electron chi connectivity index (χ3n) is 5.64. The van der Waals surface area contributed by atoms with E-state index in [1.165, 1.54) is 50.8 Å². The van der Waals surface area contributed by atoms with Gasteiger partial charge in [0.25, 0.3) is 0 Å². The van der Waals surface area contributed by atoms with Gasteiger partial charge >= 0.3 is 0 Å². The van der Waals surface area contributed by atoms with Gasteiger partial charge in [0.2, 0.25) is 5.91 Å². The number of carbonyl (C=O) groups excluding carboxylic acids is 1. The molecule has 25 heavy (non-hydrogen) atoms. The van der Waals surface area contributed by atoms with Crippen LogP contribution in [0.1, 0.15) is 50.5 Å². The molecular formula is C21H33N3O. The number of benzene rings is 1. The van der Waals surface area contributed by atoms with Gasteiger partial charge in [-0.3, -0.25) is 4.79 Å². The van der Waals surface area contributed by atoms with Crippen LogP contribution < -0.4 is 10.6 Å². The highest BCUT2D eigenvalue weighted by atomic mass is 16.1. The minimum Gasteiger partial charge on any atom is -0.326 e. The zero-order valence-electron chi connectivity index (χ0n) is 15.4. The van der Waals surface area contributed by atoms with Gasteiger partial charge in [-0.2, -0.15) is 0 Å². The van der Waals surface area contributed by atoms with Crippen molar-refractivity contribution in [2.24, 2.45) is 5.92 Å². The summed E-state index contributed by atoms with van der Waals surface area (Å²) in [5.74, 6) is 0.865. The maximum atomic E-state index is 12.1. The summed E-state index contributed by atoms with van der Waals surface area (Å²) in [4.78, 5) is 14.7. The quantitative estimate of drug-likeness (QED) is 0.797. The average molecular weight is 344 g/mol. The highest BCUT2D eigenvalue weighted by Crippen LogP contribution is 2.18. The minimum absolute atomic E-state index is 0.152. The second-order valence-electron chi connectivity index (χ2n) is 7.63. The lowest BCUT2D eigenvalue weighted by Gasteiger charge is -2.26. The van der Waals surface area contributed by atoms with Crippen LogP contribution in [0.15, 0.2) is 24.3 Å². The summed E-state index contributed by atoms with van der Waals surface area (Å²) in [5, 5.41) is 6.42. The van der Waals surface area contributed by atoms with Gasteiger partial charge in [-0.25, -0.2) is 0 Å². The summed E-state index contributed by atoms with van der Waals surface area (Å²) in [5.41, 5.74) is 2.29. The molecule has 0 aliphatic carbocycles. The molecular weight excluding hydrogens is 310 g/mol. The van der Waals surface area contributed by atoms with Crippen molar-refractivity contribution in [3.8, 4) is 0 Å². The van der Waals surface area contributed by atoms with Gasteiger partial charge in [0, 0.05) is 18.7 Å². The Morgan fingerprint density at radius 1 is 1.08 bits per heavy atom. The number of piperidine rings is 2. The van der Waals surface area contributed by atoms with Gasteiger partial charge in [-0.15, -0.1) is 0 Å². The van der Waals surface area contributed by atoms with Crippen LogP contribution in [0.3, 0.4) is 0 Å².